The average molecular weight is 278 g/mol. The fourth-order valence-electron chi connectivity index (χ4n) is 1.43. The first-order chi connectivity index (χ1) is 5.88. The molecule has 0 N–H and O–H groups in total. The highest BCUT2D eigenvalue weighted by Gasteiger charge is 2.17. The smallest absolute Gasteiger partial charge is 0.151 e. The van der Waals surface area contributed by atoms with Crippen LogP contribution in [0.1, 0.15) is 25.5 Å². The van der Waals surface area contributed by atoms with Gasteiger partial charge in [0, 0.05) is 6.61 Å². The van der Waals surface area contributed by atoms with Crippen molar-refractivity contribution in [1.82, 2.24) is 9.78 Å². The SMILES string of the molecule is Ic1ccnn1C1CCCCO1. The van der Waals surface area contributed by atoms with Crippen LogP contribution in [0.5, 0.6) is 0 Å². The monoisotopic (exact) mass is 278 g/mol. The second-order valence-electron chi connectivity index (χ2n) is 2.92. The third-order valence-electron chi connectivity index (χ3n) is 2.05. The minimum atomic E-state index is 0.181. The van der Waals surface area contributed by atoms with Gasteiger partial charge in [-0.05, 0) is 47.9 Å². The highest BCUT2D eigenvalue weighted by atomic mass is 127. The Balaban J connectivity index is 2.13. The van der Waals surface area contributed by atoms with E-state index in [1.807, 2.05) is 16.9 Å². The Labute approximate surface area is 85.2 Å². The first-order valence-corrected chi connectivity index (χ1v) is 5.26. The summed E-state index contributed by atoms with van der Waals surface area (Å²) in [5.41, 5.74) is 0. The molecule has 0 bridgehead atoms. The molecule has 0 saturated carbocycles. The van der Waals surface area contributed by atoms with Crippen LogP contribution in [-0.4, -0.2) is 16.4 Å². The largest absolute Gasteiger partial charge is 0.356 e. The molecule has 66 valence electrons. The van der Waals surface area contributed by atoms with Crippen LogP contribution in [0, 0.1) is 3.70 Å². The molecular formula is C8H11IN2O. The molecule has 1 aliphatic rings. The van der Waals surface area contributed by atoms with Crippen LogP contribution >= 0.6 is 22.6 Å². The van der Waals surface area contributed by atoms with Gasteiger partial charge in [0.05, 0.1) is 6.20 Å². The van der Waals surface area contributed by atoms with Gasteiger partial charge in [0.25, 0.3) is 0 Å². The van der Waals surface area contributed by atoms with Crippen molar-refractivity contribution in [2.24, 2.45) is 0 Å². The Morgan fingerprint density at radius 2 is 2.50 bits per heavy atom. The molecule has 2 rings (SSSR count). The summed E-state index contributed by atoms with van der Waals surface area (Å²) in [5, 5.41) is 4.22. The molecule has 0 radical (unpaired) electrons. The van der Waals surface area contributed by atoms with Crippen LogP contribution in [0.3, 0.4) is 0 Å². The summed E-state index contributed by atoms with van der Waals surface area (Å²) in [6, 6.07) is 2.00. The van der Waals surface area contributed by atoms with Crippen LogP contribution in [0.25, 0.3) is 0 Å². The highest BCUT2D eigenvalue weighted by molar-refractivity contribution is 14.1. The van der Waals surface area contributed by atoms with E-state index >= 15 is 0 Å². The van der Waals surface area contributed by atoms with E-state index in [1.54, 1.807) is 0 Å². The molecular weight excluding hydrogens is 267 g/mol. The van der Waals surface area contributed by atoms with Crippen LogP contribution in [-0.2, 0) is 4.74 Å². The van der Waals surface area contributed by atoms with Crippen LogP contribution < -0.4 is 0 Å². The van der Waals surface area contributed by atoms with Crippen molar-refractivity contribution in [1.29, 1.82) is 0 Å². The van der Waals surface area contributed by atoms with Gasteiger partial charge >= 0.3 is 0 Å². The predicted molar refractivity (Wildman–Crippen MR) is 53.8 cm³/mol. The summed E-state index contributed by atoms with van der Waals surface area (Å²) in [6.07, 6.45) is 5.53. The summed E-state index contributed by atoms with van der Waals surface area (Å²) >= 11 is 2.28. The van der Waals surface area contributed by atoms with E-state index < -0.39 is 0 Å². The van der Waals surface area contributed by atoms with Gasteiger partial charge in [-0.25, -0.2) is 4.68 Å². The van der Waals surface area contributed by atoms with Crippen LogP contribution in [0.15, 0.2) is 12.3 Å². The second-order valence-corrected chi connectivity index (χ2v) is 4.02. The maximum atomic E-state index is 5.60. The molecule has 0 spiro atoms. The molecule has 1 saturated heterocycles. The van der Waals surface area contributed by atoms with E-state index in [2.05, 4.69) is 27.7 Å². The molecule has 1 aromatic rings. The minimum absolute atomic E-state index is 0.181. The minimum Gasteiger partial charge on any atom is -0.356 e. The second kappa shape index (κ2) is 3.74. The van der Waals surface area contributed by atoms with Crippen molar-refractivity contribution < 1.29 is 4.74 Å². The summed E-state index contributed by atoms with van der Waals surface area (Å²) in [4.78, 5) is 0. The van der Waals surface area contributed by atoms with Gasteiger partial charge in [-0.3, -0.25) is 0 Å². The van der Waals surface area contributed by atoms with E-state index in [9.17, 15) is 0 Å². The lowest BCUT2D eigenvalue weighted by atomic mass is 10.2. The summed E-state index contributed by atoms with van der Waals surface area (Å²) in [5.74, 6) is 0. The van der Waals surface area contributed by atoms with Crippen LogP contribution in [0.2, 0.25) is 0 Å². The highest BCUT2D eigenvalue weighted by Crippen LogP contribution is 2.23. The molecule has 12 heavy (non-hydrogen) atoms. The fraction of sp³-hybridized carbons (Fsp3) is 0.625. The molecule has 4 heteroatoms. The van der Waals surface area contributed by atoms with E-state index in [4.69, 9.17) is 4.74 Å². The molecule has 3 nitrogen and oxygen atoms in total. The number of nitrogens with zero attached hydrogens (tertiary/aromatic N) is 2. The van der Waals surface area contributed by atoms with Gasteiger partial charge in [-0.1, -0.05) is 0 Å². The van der Waals surface area contributed by atoms with Gasteiger partial charge in [0.1, 0.15) is 3.70 Å². The quantitative estimate of drug-likeness (QED) is 0.736. The maximum Gasteiger partial charge on any atom is 0.151 e. The van der Waals surface area contributed by atoms with Gasteiger partial charge in [-0.2, -0.15) is 5.10 Å². The molecule has 0 aromatic carbocycles. The van der Waals surface area contributed by atoms with Crippen molar-refractivity contribution in [2.45, 2.75) is 25.5 Å². The number of rotatable bonds is 1. The molecule has 1 aromatic heterocycles. The van der Waals surface area contributed by atoms with Crippen LogP contribution in [0.4, 0.5) is 0 Å². The van der Waals surface area contributed by atoms with Gasteiger partial charge in [0.2, 0.25) is 0 Å². The lowest BCUT2D eigenvalue weighted by Crippen LogP contribution is -2.20. The molecule has 0 amide bonds. The van der Waals surface area contributed by atoms with Crippen molar-refractivity contribution >= 4 is 22.6 Å². The third kappa shape index (κ3) is 1.64. The molecule has 1 aliphatic heterocycles. The zero-order valence-electron chi connectivity index (χ0n) is 6.74. The Hall–Kier alpha value is -0.100. The normalized spacial score (nSPS) is 24.2. The predicted octanol–water partition coefficient (Wildman–Crippen LogP) is 2.19. The molecule has 0 aliphatic carbocycles. The van der Waals surface area contributed by atoms with E-state index in [0.717, 1.165) is 16.7 Å². The van der Waals surface area contributed by atoms with E-state index in [1.165, 1.54) is 12.8 Å². The Morgan fingerprint density at radius 1 is 1.58 bits per heavy atom. The van der Waals surface area contributed by atoms with Gasteiger partial charge < -0.3 is 4.74 Å². The molecule has 1 fully saturated rings. The standard InChI is InChI=1S/C8H11IN2O/c9-7-4-5-10-11(7)8-3-1-2-6-12-8/h4-5,8H,1-3,6H2. The van der Waals surface area contributed by atoms with E-state index in [0.29, 0.717) is 0 Å². The number of halogens is 1. The first kappa shape index (κ1) is 8.50. The Kier molecular flexibility index (Phi) is 2.65. The number of hydrogen-bond acceptors (Lipinski definition) is 2. The van der Waals surface area contributed by atoms with Crippen molar-refractivity contribution in [3.05, 3.63) is 16.0 Å². The topological polar surface area (TPSA) is 27.1 Å². The first-order valence-electron chi connectivity index (χ1n) is 4.18. The van der Waals surface area contributed by atoms with Crippen molar-refractivity contribution in [3.8, 4) is 0 Å². The molecule has 2 heterocycles. The van der Waals surface area contributed by atoms with Gasteiger partial charge in [-0.15, -0.1) is 0 Å². The number of aromatic nitrogens is 2. The number of hydrogen-bond donors (Lipinski definition) is 0. The molecule has 1 unspecified atom stereocenters. The zero-order chi connectivity index (χ0) is 8.39. The van der Waals surface area contributed by atoms with E-state index in [-0.39, 0.29) is 6.23 Å². The van der Waals surface area contributed by atoms with Crippen molar-refractivity contribution in [3.63, 3.8) is 0 Å². The Morgan fingerprint density at radius 3 is 3.08 bits per heavy atom. The Bertz CT molecular complexity index is 255. The third-order valence-corrected chi connectivity index (χ3v) is 2.90. The van der Waals surface area contributed by atoms with Gasteiger partial charge in [0.15, 0.2) is 6.23 Å². The lowest BCUT2D eigenvalue weighted by molar-refractivity contribution is -0.0410. The van der Waals surface area contributed by atoms with Crippen molar-refractivity contribution in [2.75, 3.05) is 6.61 Å². The fourth-order valence-corrected chi connectivity index (χ4v) is 2.02. The molecule has 1 atom stereocenters. The summed E-state index contributed by atoms with van der Waals surface area (Å²) in [6.45, 7) is 0.876. The average Bonchev–Trinajstić information content (AvgIpc) is 2.53. The lowest BCUT2D eigenvalue weighted by Gasteiger charge is -2.23. The number of ether oxygens (including phenoxy) is 1. The maximum absolute atomic E-state index is 5.60. The summed E-state index contributed by atoms with van der Waals surface area (Å²) < 4.78 is 8.71. The zero-order valence-corrected chi connectivity index (χ0v) is 8.90. The summed E-state index contributed by atoms with van der Waals surface area (Å²) in [7, 11) is 0.